The first-order valence-electron chi connectivity index (χ1n) is 8.00. The van der Waals surface area contributed by atoms with Crippen LogP contribution >= 0.6 is 11.8 Å². The fraction of sp³-hybridized carbons (Fsp3) is 0.412. The van der Waals surface area contributed by atoms with Crippen LogP contribution in [-0.4, -0.2) is 27.4 Å². The largest absolute Gasteiger partial charge is 0.497 e. The van der Waals surface area contributed by atoms with Crippen molar-refractivity contribution >= 4 is 11.8 Å². The lowest BCUT2D eigenvalue weighted by Crippen LogP contribution is -1.92. The summed E-state index contributed by atoms with van der Waals surface area (Å²) in [6, 6.07) is 7.77. The average molecular weight is 360 g/mol. The topological polar surface area (TPSA) is 87.1 Å². The van der Waals surface area contributed by atoms with Crippen LogP contribution < -0.4 is 4.74 Å². The molecular formula is C17H20N4O3S. The van der Waals surface area contributed by atoms with Gasteiger partial charge in [-0.1, -0.05) is 42.9 Å². The Morgan fingerprint density at radius 2 is 1.88 bits per heavy atom. The van der Waals surface area contributed by atoms with E-state index in [0.717, 1.165) is 11.3 Å². The Kier molecular flexibility index (Phi) is 5.37. The smallest absolute Gasteiger partial charge is 0.277 e. The first-order valence-corrected chi connectivity index (χ1v) is 8.88. The minimum atomic E-state index is -0.0608. The fourth-order valence-corrected chi connectivity index (χ4v) is 2.86. The zero-order valence-corrected chi connectivity index (χ0v) is 15.4. The van der Waals surface area contributed by atoms with Gasteiger partial charge in [0.25, 0.3) is 5.22 Å². The Morgan fingerprint density at radius 3 is 2.52 bits per heavy atom. The van der Waals surface area contributed by atoms with Gasteiger partial charge in [0, 0.05) is 5.92 Å². The monoisotopic (exact) mass is 360 g/mol. The first-order chi connectivity index (χ1) is 12.0. The Bertz CT molecular complexity index is 813. The van der Waals surface area contributed by atoms with Crippen molar-refractivity contribution in [3.63, 3.8) is 0 Å². The SMILES string of the molecule is COc1ccc(Cc2nnc(SC(C)c3nc(C(C)C)no3)o2)cc1. The lowest BCUT2D eigenvalue weighted by atomic mass is 10.1. The second-order valence-electron chi connectivity index (χ2n) is 5.89. The van der Waals surface area contributed by atoms with Crippen molar-refractivity contribution < 1.29 is 13.7 Å². The molecule has 0 fully saturated rings. The van der Waals surface area contributed by atoms with Crippen molar-refractivity contribution in [3.8, 4) is 5.75 Å². The molecule has 0 aliphatic carbocycles. The van der Waals surface area contributed by atoms with Crippen molar-refractivity contribution in [3.05, 3.63) is 47.4 Å². The van der Waals surface area contributed by atoms with Crippen molar-refractivity contribution in [1.82, 2.24) is 20.3 Å². The molecule has 0 saturated heterocycles. The van der Waals surface area contributed by atoms with Crippen molar-refractivity contribution in [1.29, 1.82) is 0 Å². The predicted molar refractivity (Wildman–Crippen MR) is 92.8 cm³/mol. The summed E-state index contributed by atoms with van der Waals surface area (Å²) in [5.41, 5.74) is 1.08. The van der Waals surface area contributed by atoms with E-state index < -0.39 is 0 Å². The highest BCUT2D eigenvalue weighted by atomic mass is 32.2. The van der Waals surface area contributed by atoms with Gasteiger partial charge in [-0.3, -0.25) is 0 Å². The van der Waals surface area contributed by atoms with Gasteiger partial charge in [0.1, 0.15) is 5.75 Å². The molecule has 1 unspecified atom stereocenters. The third-order valence-electron chi connectivity index (χ3n) is 3.56. The molecule has 0 aliphatic rings. The van der Waals surface area contributed by atoms with Crippen molar-refractivity contribution in [2.24, 2.45) is 0 Å². The lowest BCUT2D eigenvalue weighted by Gasteiger charge is -2.02. The van der Waals surface area contributed by atoms with Crippen LogP contribution in [0.25, 0.3) is 0 Å². The van der Waals surface area contributed by atoms with E-state index in [1.807, 2.05) is 45.0 Å². The van der Waals surface area contributed by atoms with Gasteiger partial charge < -0.3 is 13.7 Å². The molecule has 7 nitrogen and oxygen atoms in total. The van der Waals surface area contributed by atoms with Crippen molar-refractivity contribution in [2.45, 2.75) is 43.6 Å². The van der Waals surface area contributed by atoms with Crippen LogP contribution in [-0.2, 0) is 6.42 Å². The van der Waals surface area contributed by atoms with Gasteiger partial charge >= 0.3 is 0 Å². The summed E-state index contributed by atoms with van der Waals surface area (Å²) in [6.07, 6.45) is 0.573. The summed E-state index contributed by atoms with van der Waals surface area (Å²) < 4.78 is 16.2. The Morgan fingerprint density at radius 1 is 1.12 bits per heavy atom. The van der Waals surface area contributed by atoms with Crippen LogP contribution in [0.2, 0.25) is 0 Å². The van der Waals surface area contributed by atoms with E-state index in [4.69, 9.17) is 13.7 Å². The highest BCUT2D eigenvalue weighted by Gasteiger charge is 2.20. The normalized spacial score (nSPS) is 12.5. The van der Waals surface area contributed by atoms with E-state index in [-0.39, 0.29) is 11.2 Å². The molecular weight excluding hydrogens is 340 g/mol. The summed E-state index contributed by atoms with van der Waals surface area (Å²) in [5.74, 6) is 2.87. The number of thioether (sulfide) groups is 1. The van der Waals surface area contributed by atoms with Crippen LogP contribution in [0.1, 0.15) is 55.1 Å². The number of ether oxygens (including phenoxy) is 1. The number of hydrogen-bond donors (Lipinski definition) is 0. The van der Waals surface area contributed by atoms with Gasteiger partial charge in [-0.05, 0) is 24.6 Å². The number of hydrogen-bond acceptors (Lipinski definition) is 8. The van der Waals surface area contributed by atoms with Gasteiger partial charge in [0.05, 0.1) is 18.8 Å². The number of nitrogens with zero attached hydrogens (tertiary/aromatic N) is 4. The third-order valence-corrected chi connectivity index (χ3v) is 4.48. The molecule has 1 aromatic carbocycles. The summed E-state index contributed by atoms with van der Waals surface area (Å²) >= 11 is 1.40. The molecule has 8 heteroatoms. The number of aromatic nitrogens is 4. The van der Waals surface area contributed by atoms with Gasteiger partial charge in [-0.2, -0.15) is 4.98 Å². The highest BCUT2D eigenvalue weighted by Crippen LogP contribution is 2.33. The molecule has 0 spiro atoms. The molecule has 0 aliphatic heterocycles. The van der Waals surface area contributed by atoms with E-state index in [2.05, 4.69) is 20.3 Å². The average Bonchev–Trinajstić information content (AvgIpc) is 3.25. The molecule has 0 bridgehead atoms. The molecule has 0 N–H and O–H groups in total. The standard InChI is InChI=1S/C17H20N4O3S/c1-10(2)15-18-16(24-21-15)11(3)25-17-20-19-14(23-17)9-12-5-7-13(22-4)8-6-12/h5-8,10-11H,9H2,1-4H3. The van der Waals surface area contributed by atoms with Gasteiger partial charge in [0.15, 0.2) is 5.82 Å². The fourth-order valence-electron chi connectivity index (χ4n) is 2.12. The Hall–Kier alpha value is -2.35. The first kappa shape index (κ1) is 17.5. The molecule has 0 saturated carbocycles. The maximum atomic E-state index is 5.71. The molecule has 0 amide bonds. The van der Waals surface area contributed by atoms with Gasteiger partial charge in [-0.15, -0.1) is 10.2 Å². The van der Waals surface area contributed by atoms with E-state index in [1.54, 1.807) is 7.11 Å². The molecule has 132 valence electrons. The number of methoxy groups -OCH3 is 1. The van der Waals surface area contributed by atoms with Crippen molar-refractivity contribution in [2.75, 3.05) is 7.11 Å². The summed E-state index contributed by atoms with van der Waals surface area (Å²) in [7, 11) is 1.64. The van der Waals surface area contributed by atoms with Crippen LogP contribution in [0.4, 0.5) is 0 Å². The van der Waals surface area contributed by atoms with Crippen LogP contribution in [0, 0.1) is 0 Å². The Balaban J connectivity index is 1.62. The second kappa shape index (κ2) is 7.69. The maximum absolute atomic E-state index is 5.71. The summed E-state index contributed by atoms with van der Waals surface area (Å²) in [5, 5.41) is 12.6. The molecule has 0 radical (unpaired) electrons. The maximum Gasteiger partial charge on any atom is 0.277 e. The van der Waals surface area contributed by atoms with E-state index >= 15 is 0 Å². The second-order valence-corrected chi connectivity index (χ2v) is 7.18. The molecule has 3 aromatic rings. The summed E-state index contributed by atoms with van der Waals surface area (Å²) in [4.78, 5) is 4.40. The predicted octanol–water partition coefficient (Wildman–Crippen LogP) is 4.03. The van der Waals surface area contributed by atoms with E-state index in [0.29, 0.717) is 29.2 Å². The van der Waals surface area contributed by atoms with Gasteiger partial charge in [0.2, 0.25) is 11.8 Å². The van der Waals surface area contributed by atoms with Crippen LogP contribution in [0.5, 0.6) is 5.75 Å². The zero-order chi connectivity index (χ0) is 17.8. The highest BCUT2D eigenvalue weighted by molar-refractivity contribution is 7.99. The molecule has 1 atom stereocenters. The molecule has 2 aromatic heterocycles. The molecule has 3 rings (SSSR count). The molecule has 25 heavy (non-hydrogen) atoms. The third kappa shape index (κ3) is 4.39. The number of benzene rings is 1. The summed E-state index contributed by atoms with van der Waals surface area (Å²) in [6.45, 7) is 6.02. The van der Waals surface area contributed by atoms with Crippen LogP contribution in [0.3, 0.4) is 0 Å². The quantitative estimate of drug-likeness (QED) is 0.584. The molecule has 2 heterocycles. The lowest BCUT2D eigenvalue weighted by molar-refractivity contribution is 0.371. The zero-order valence-electron chi connectivity index (χ0n) is 14.6. The minimum Gasteiger partial charge on any atom is -0.497 e. The van der Waals surface area contributed by atoms with Crippen LogP contribution in [0.15, 0.2) is 38.4 Å². The van der Waals surface area contributed by atoms with E-state index in [1.165, 1.54) is 11.8 Å². The number of rotatable bonds is 7. The Labute approximate surface area is 150 Å². The van der Waals surface area contributed by atoms with E-state index in [9.17, 15) is 0 Å². The van der Waals surface area contributed by atoms with Gasteiger partial charge in [-0.25, -0.2) is 0 Å². The minimum absolute atomic E-state index is 0.0608.